The lowest BCUT2D eigenvalue weighted by atomic mass is 10.6. The molecule has 0 aromatic carbocycles. The molecule has 0 amide bonds. The quantitative estimate of drug-likeness (QED) is 0.465. The first kappa shape index (κ1) is 9.23. The van der Waals surface area contributed by atoms with Crippen LogP contribution in [-0.4, -0.2) is 24.5 Å². The summed E-state index contributed by atoms with van der Waals surface area (Å²) >= 11 is 1.82. The van der Waals surface area contributed by atoms with Gasteiger partial charge in [-0.1, -0.05) is 0 Å². The summed E-state index contributed by atoms with van der Waals surface area (Å²) in [7, 11) is 4.88. The maximum absolute atomic E-state index is 8.16. The standard InChI is InChI=1S/C5H11N2PS/c1-7(2)8-9-5-3-4-6/h8H,3,5H2,1-2H3. The van der Waals surface area contributed by atoms with Crippen molar-refractivity contribution in [2.24, 2.45) is 0 Å². The minimum atomic E-state index is 0.672. The van der Waals surface area contributed by atoms with Gasteiger partial charge in [-0.25, -0.2) is 0 Å². The average molecular weight is 162 g/mol. The Morgan fingerprint density at radius 1 is 1.67 bits per heavy atom. The van der Waals surface area contributed by atoms with E-state index >= 15 is 0 Å². The molecule has 0 aliphatic carbocycles. The first-order valence-corrected chi connectivity index (χ1v) is 5.35. The van der Waals surface area contributed by atoms with E-state index in [1.165, 1.54) is 0 Å². The molecule has 0 aromatic rings. The second-order valence-corrected chi connectivity index (χ2v) is 4.93. The van der Waals surface area contributed by atoms with Gasteiger partial charge >= 0.3 is 0 Å². The van der Waals surface area contributed by atoms with Crippen LogP contribution in [0.15, 0.2) is 0 Å². The SMILES string of the molecule is CN(C)PSCCC#N. The molecule has 0 fully saturated rings. The van der Waals surface area contributed by atoms with E-state index in [2.05, 4.69) is 10.7 Å². The summed E-state index contributed by atoms with van der Waals surface area (Å²) < 4.78 is 2.13. The lowest BCUT2D eigenvalue weighted by Crippen LogP contribution is -1.93. The van der Waals surface area contributed by atoms with Crippen molar-refractivity contribution < 1.29 is 0 Å². The average Bonchev–Trinajstić information content (AvgIpc) is 1.80. The molecule has 0 aromatic heterocycles. The van der Waals surface area contributed by atoms with Gasteiger partial charge < -0.3 is 0 Å². The molecule has 52 valence electrons. The fourth-order valence-corrected chi connectivity index (χ4v) is 2.17. The van der Waals surface area contributed by atoms with Gasteiger partial charge in [-0.15, -0.1) is 11.4 Å². The first-order valence-electron chi connectivity index (χ1n) is 2.69. The highest BCUT2D eigenvalue weighted by molar-refractivity contribution is 8.48. The van der Waals surface area contributed by atoms with Crippen LogP contribution in [0, 0.1) is 11.3 Å². The van der Waals surface area contributed by atoms with Crippen LogP contribution in [0.5, 0.6) is 0 Å². The van der Waals surface area contributed by atoms with Crippen LogP contribution in [0.2, 0.25) is 0 Å². The summed E-state index contributed by atoms with van der Waals surface area (Å²) in [6.07, 6.45) is 0.672. The predicted molar refractivity (Wildman–Crippen MR) is 44.7 cm³/mol. The molecule has 4 heteroatoms. The van der Waals surface area contributed by atoms with E-state index in [9.17, 15) is 0 Å². The Labute approximate surface area is 62.2 Å². The normalized spacial score (nSPS) is 10.9. The summed E-state index contributed by atoms with van der Waals surface area (Å²) in [4.78, 5) is 0. The van der Waals surface area contributed by atoms with Crippen molar-refractivity contribution in [3.8, 4) is 6.07 Å². The lowest BCUT2D eigenvalue weighted by Gasteiger charge is -2.05. The molecule has 0 N–H and O–H groups in total. The molecular formula is C5H11N2PS. The Balaban J connectivity index is 2.85. The Bertz CT molecular complexity index is 99.6. The number of hydrogen-bond donors (Lipinski definition) is 0. The molecule has 2 nitrogen and oxygen atoms in total. The van der Waals surface area contributed by atoms with Crippen LogP contribution in [0.4, 0.5) is 0 Å². The summed E-state index contributed by atoms with van der Waals surface area (Å²) in [6.45, 7) is 0. The van der Waals surface area contributed by atoms with Gasteiger partial charge in [0.05, 0.1) is 6.07 Å². The van der Waals surface area contributed by atoms with Gasteiger partial charge in [0.1, 0.15) is 0 Å². The molecule has 0 rings (SSSR count). The van der Waals surface area contributed by atoms with Crippen molar-refractivity contribution in [2.45, 2.75) is 6.42 Å². The number of nitrogens with zero attached hydrogens (tertiary/aromatic N) is 2. The maximum Gasteiger partial charge on any atom is 0.0630 e. The molecule has 0 heterocycles. The van der Waals surface area contributed by atoms with Crippen LogP contribution in [0.25, 0.3) is 0 Å². The fraction of sp³-hybridized carbons (Fsp3) is 0.800. The smallest absolute Gasteiger partial charge is 0.0630 e. The second kappa shape index (κ2) is 6.35. The van der Waals surface area contributed by atoms with Crippen molar-refractivity contribution in [3.05, 3.63) is 0 Å². The van der Waals surface area contributed by atoms with E-state index in [0.717, 1.165) is 13.7 Å². The highest BCUT2D eigenvalue weighted by Gasteiger charge is 1.88. The van der Waals surface area contributed by atoms with E-state index in [-0.39, 0.29) is 0 Å². The second-order valence-electron chi connectivity index (χ2n) is 1.74. The van der Waals surface area contributed by atoms with Crippen LogP contribution >= 0.6 is 19.3 Å². The molecular weight excluding hydrogens is 151 g/mol. The van der Waals surface area contributed by atoms with Crippen LogP contribution in [0.1, 0.15) is 6.42 Å². The van der Waals surface area contributed by atoms with E-state index in [4.69, 9.17) is 5.26 Å². The number of rotatable bonds is 4. The van der Waals surface area contributed by atoms with Gasteiger partial charge in [-0.05, 0) is 14.1 Å². The Morgan fingerprint density at radius 2 is 2.33 bits per heavy atom. The highest BCUT2D eigenvalue weighted by Crippen LogP contribution is 2.30. The van der Waals surface area contributed by atoms with Gasteiger partial charge in [0, 0.05) is 20.1 Å². The summed E-state index contributed by atoms with van der Waals surface area (Å²) in [5, 5.41) is 8.16. The Kier molecular flexibility index (Phi) is 6.51. The zero-order valence-corrected chi connectivity index (χ0v) is 7.53. The van der Waals surface area contributed by atoms with Crippen molar-refractivity contribution in [3.63, 3.8) is 0 Å². The third kappa shape index (κ3) is 8.23. The molecule has 0 radical (unpaired) electrons. The molecule has 1 unspecified atom stereocenters. The fourth-order valence-electron chi connectivity index (χ4n) is 0.271. The molecule has 0 aliphatic rings. The van der Waals surface area contributed by atoms with Gasteiger partial charge in [0.15, 0.2) is 0 Å². The van der Waals surface area contributed by atoms with Gasteiger partial charge in [-0.3, -0.25) is 4.67 Å². The summed E-state index contributed by atoms with van der Waals surface area (Å²) in [6, 6.07) is 2.11. The summed E-state index contributed by atoms with van der Waals surface area (Å²) in [5.41, 5.74) is 0. The third-order valence-corrected chi connectivity index (χ3v) is 3.56. The minimum absolute atomic E-state index is 0.672. The van der Waals surface area contributed by atoms with Crippen LogP contribution in [0.3, 0.4) is 0 Å². The Hall–Kier alpha value is 0.230. The monoisotopic (exact) mass is 162 g/mol. The van der Waals surface area contributed by atoms with Gasteiger partial charge in [0.2, 0.25) is 0 Å². The van der Waals surface area contributed by atoms with Crippen LogP contribution in [-0.2, 0) is 0 Å². The highest BCUT2D eigenvalue weighted by atomic mass is 32.7. The van der Waals surface area contributed by atoms with Crippen molar-refractivity contribution in [2.75, 3.05) is 19.8 Å². The molecule has 0 aliphatic heterocycles. The molecule has 0 bridgehead atoms. The van der Waals surface area contributed by atoms with E-state index in [1.54, 1.807) is 0 Å². The number of hydrogen-bond acceptors (Lipinski definition) is 3. The number of nitriles is 1. The lowest BCUT2D eigenvalue weighted by molar-refractivity contribution is 0.700. The Morgan fingerprint density at radius 3 is 2.78 bits per heavy atom. The molecule has 0 saturated heterocycles. The van der Waals surface area contributed by atoms with E-state index < -0.39 is 0 Å². The zero-order valence-electron chi connectivity index (χ0n) is 5.72. The largest absolute Gasteiger partial charge is 0.282 e. The van der Waals surface area contributed by atoms with Gasteiger partial charge in [-0.2, -0.15) is 5.26 Å². The topological polar surface area (TPSA) is 27.0 Å². The first-order chi connectivity index (χ1) is 4.27. The molecule has 0 saturated carbocycles. The molecule has 9 heavy (non-hydrogen) atoms. The van der Waals surface area contributed by atoms with Crippen molar-refractivity contribution in [1.82, 2.24) is 4.67 Å². The maximum atomic E-state index is 8.16. The third-order valence-electron chi connectivity index (χ3n) is 0.563. The van der Waals surface area contributed by atoms with E-state index in [1.807, 2.05) is 25.5 Å². The van der Waals surface area contributed by atoms with Crippen molar-refractivity contribution in [1.29, 1.82) is 5.26 Å². The van der Waals surface area contributed by atoms with Crippen LogP contribution < -0.4 is 0 Å². The minimum Gasteiger partial charge on any atom is -0.282 e. The van der Waals surface area contributed by atoms with Crippen molar-refractivity contribution >= 4 is 19.3 Å². The van der Waals surface area contributed by atoms with E-state index in [0.29, 0.717) is 6.42 Å². The zero-order chi connectivity index (χ0) is 7.11. The molecule has 0 spiro atoms. The summed E-state index contributed by atoms with van der Waals surface area (Å²) in [5.74, 6) is 0.965. The van der Waals surface area contributed by atoms with Gasteiger partial charge in [0.25, 0.3) is 0 Å². The predicted octanol–water partition coefficient (Wildman–Crippen LogP) is 1.70. The molecule has 1 atom stereocenters.